The molecule has 0 aromatic carbocycles. The van der Waals surface area contributed by atoms with E-state index in [4.69, 9.17) is 20.9 Å². The number of unbranched alkanes of at least 4 members (excludes halogenated alkanes) is 29. The minimum atomic E-state index is -0.526. The molecule has 0 aliphatic rings. The van der Waals surface area contributed by atoms with Gasteiger partial charge in [0.05, 0.1) is 0 Å². The molecular weight excluding hydrogens is 596 g/mol. The van der Waals surface area contributed by atoms with Gasteiger partial charge in [-0.3, -0.25) is 21.1 Å². The topological polar surface area (TPSA) is 105 Å². The van der Waals surface area contributed by atoms with Gasteiger partial charge in [0.15, 0.2) is 12.5 Å². The van der Waals surface area contributed by atoms with Gasteiger partial charge in [-0.1, -0.05) is 194 Å². The average Bonchev–Trinajstić information content (AvgIpc) is 3.06. The van der Waals surface area contributed by atoms with Crippen LogP contribution < -0.4 is 11.5 Å². The first-order chi connectivity index (χ1) is 23.5. The van der Waals surface area contributed by atoms with Gasteiger partial charge in [0, 0.05) is 12.8 Å². The third kappa shape index (κ3) is 37.7. The van der Waals surface area contributed by atoms with Crippen molar-refractivity contribution in [3.05, 3.63) is 0 Å². The van der Waals surface area contributed by atoms with Crippen LogP contribution in [0, 0.1) is 0 Å². The van der Waals surface area contributed by atoms with Crippen molar-refractivity contribution in [1.29, 1.82) is 0 Å². The van der Waals surface area contributed by atoms with Crippen molar-refractivity contribution in [2.24, 2.45) is 11.5 Å². The minimum Gasteiger partial charge on any atom is -0.447 e. The lowest BCUT2D eigenvalue weighted by Gasteiger charge is -2.14. The van der Waals surface area contributed by atoms with Crippen LogP contribution in [0.25, 0.3) is 0 Å². The van der Waals surface area contributed by atoms with Crippen LogP contribution in [-0.2, 0) is 19.1 Å². The maximum absolute atomic E-state index is 12.1. The Morgan fingerprint density at radius 2 is 0.562 bits per heavy atom. The molecule has 0 saturated carbocycles. The Hall–Kier alpha value is -1.14. The third-order valence-electron chi connectivity index (χ3n) is 9.76. The SMILES string of the molecule is CCCCCCCCCCCCCCCCCC(N)OC(=O)CCCCC(=O)OC(N)CCCCCCCCCCCCCCCCC. The monoisotopic (exact) mass is 681 g/mol. The number of carbonyl (C=O) groups excluding carboxylic acids is 2. The fourth-order valence-electron chi connectivity index (χ4n) is 6.55. The summed E-state index contributed by atoms with van der Waals surface area (Å²) in [6.07, 6.45) is 42.0. The quantitative estimate of drug-likeness (QED) is 0.0380. The summed E-state index contributed by atoms with van der Waals surface area (Å²) in [6.45, 7) is 4.55. The Morgan fingerprint density at radius 3 is 0.792 bits per heavy atom. The molecule has 0 aromatic rings. The minimum absolute atomic E-state index is 0.276. The normalized spacial score (nSPS) is 12.7. The van der Waals surface area contributed by atoms with Gasteiger partial charge in [0.25, 0.3) is 0 Å². The van der Waals surface area contributed by atoms with Gasteiger partial charge in [0.2, 0.25) is 0 Å². The molecule has 2 atom stereocenters. The van der Waals surface area contributed by atoms with E-state index >= 15 is 0 Å². The third-order valence-corrected chi connectivity index (χ3v) is 9.76. The molecule has 0 rings (SSSR count). The molecule has 0 spiro atoms. The fraction of sp³-hybridized carbons (Fsp3) is 0.952. The summed E-state index contributed by atoms with van der Waals surface area (Å²) in [5, 5.41) is 0. The number of nitrogens with two attached hydrogens (primary N) is 2. The molecule has 0 aromatic heterocycles. The molecule has 0 heterocycles. The lowest BCUT2D eigenvalue weighted by Crippen LogP contribution is -2.27. The first-order valence-corrected chi connectivity index (χ1v) is 21.4. The number of ether oxygens (including phenoxy) is 2. The molecule has 0 radical (unpaired) electrons. The molecule has 0 saturated heterocycles. The van der Waals surface area contributed by atoms with Gasteiger partial charge < -0.3 is 9.47 Å². The van der Waals surface area contributed by atoms with Gasteiger partial charge in [-0.05, 0) is 38.5 Å². The second-order valence-electron chi connectivity index (χ2n) is 14.7. The summed E-state index contributed by atoms with van der Waals surface area (Å²) in [4.78, 5) is 24.2. The van der Waals surface area contributed by atoms with Crippen LogP contribution in [0.1, 0.15) is 245 Å². The smallest absolute Gasteiger partial charge is 0.307 e. The second-order valence-corrected chi connectivity index (χ2v) is 14.7. The predicted molar refractivity (Wildman–Crippen MR) is 206 cm³/mol. The van der Waals surface area contributed by atoms with Crippen LogP contribution in [0.4, 0.5) is 0 Å². The van der Waals surface area contributed by atoms with E-state index < -0.39 is 12.5 Å². The highest BCUT2D eigenvalue weighted by Crippen LogP contribution is 2.16. The summed E-state index contributed by atoms with van der Waals surface area (Å²) in [5.74, 6) is -0.552. The molecule has 6 nitrogen and oxygen atoms in total. The maximum Gasteiger partial charge on any atom is 0.307 e. The summed E-state index contributed by atoms with van der Waals surface area (Å²) < 4.78 is 10.7. The number of rotatable bonds is 39. The van der Waals surface area contributed by atoms with E-state index in [2.05, 4.69) is 13.8 Å². The number of esters is 2. The fourth-order valence-corrected chi connectivity index (χ4v) is 6.55. The molecular formula is C42H84N2O4. The molecule has 6 heteroatoms. The highest BCUT2D eigenvalue weighted by Gasteiger charge is 2.12. The molecule has 0 bridgehead atoms. The van der Waals surface area contributed by atoms with Gasteiger partial charge >= 0.3 is 11.9 Å². The van der Waals surface area contributed by atoms with Crippen molar-refractivity contribution in [2.75, 3.05) is 0 Å². The zero-order chi connectivity index (χ0) is 35.2. The van der Waals surface area contributed by atoms with Crippen molar-refractivity contribution in [3.8, 4) is 0 Å². The van der Waals surface area contributed by atoms with E-state index in [1.165, 1.54) is 167 Å². The van der Waals surface area contributed by atoms with Crippen LogP contribution >= 0.6 is 0 Å². The number of carbonyl (C=O) groups is 2. The highest BCUT2D eigenvalue weighted by atomic mass is 16.6. The number of hydrogen-bond donors (Lipinski definition) is 2. The second kappa shape index (κ2) is 38.7. The van der Waals surface area contributed by atoms with E-state index in [1.807, 2.05) is 0 Å². The molecule has 4 N–H and O–H groups in total. The lowest BCUT2D eigenvalue weighted by molar-refractivity contribution is -0.151. The van der Waals surface area contributed by atoms with E-state index in [0.29, 0.717) is 25.7 Å². The van der Waals surface area contributed by atoms with Crippen LogP contribution in [0.2, 0.25) is 0 Å². The summed E-state index contributed by atoms with van der Waals surface area (Å²) >= 11 is 0. The summed E-state index contributed by atoms with van der Waals surface area (Å²) in [5.41, 5.74) is 12.0. The van der Waals surface area contributed by atoms with Gasteiger partial charge in [-0.15, -0.1) is 0 Å². The van der Waals surface area contributed by atoms with Crippen molar-refractivity contribution >= 4 is 11.9 Å². The van der Waals surface area contributed by atoms with Crippen molar-refractivity contribution in [1.82, 2.24) is 0 Å². The Kier molecular flexibility index (Phi) is 37.7. The van der Waals surface area contributed by atoms with Crippen molar-refractivity contribution in [2.45, 2.75) is 257 Å². The first-order valence-electron chi connectivity index (χ1n) is 21.4. The number of hydrogen-bond acceptors (Lipinski definition) is 6. The molecule has 286 valence electrons. The van der Waals surface area contributed by atoms with Crippen LogP contribution in [0.3, 0.4) is 0 Å². The van der Waals surface area contributed by atoms with Crippen LogP contribution in [0.5, 0.6) is 0 Å². The van der Waals surface area contributed by atoms with Gasteiger partial charge in [0.1, 0.15) is 0 Å². The van der Waals surface area contributed by atoms with Crippen LogP contribution in [0.15, 0.2) is 0 Å². The lowest BCUT2D eigenvalue weighted by atomic mass is 10.0. The predicted octanol–water partition coefficient (Wildman–Crippen LogP) is 12.7. The van der Waals surface area contributed by atoms with Crippen LogP contribution in [-0.4, -0.2) is 24.4 Å². The molecule has 0 amide bonds. The first kappa shape index (κ1) is 46.9. The van der Waals surface area contributed by atoms with Gasteiger partial charge in [-0.25, -0.2) is 0 Å². The van der Waals surface area contributed by atoms with E-state index in [9.17, 15) is 9.59 Å². The molecule has 48 heavy (non-hydrogen) atoms. The zero-order valence-electron chi connectivity index (χ0n) is 32.4. The Bertz CT molecular complexity index is 618. The molecule has 0 aliphatic heterocycles. The Labute approximate surface area is 299 Å². The summed E-state index contributed by atoms with van der Waals surface area (Å²) in [7, 11) is 0. The summed E-state index contributed by atoms with van der Waals surface area (Å²) in [6, 6.07) is 0. The molecule has 2 unspecified atom stereocenters. The Balaban J connectivity index is 3.46. The molecule has 0 fully saturated rings. The van der Waals surface area contributed by atoms with Gasteiger partial charge in [-0.2, -0.15) is 0 Å². The molecule has 0 aliphatic carbocycles. The maximum atomic E-state index is 12.1. The highest BCUT2D eigenvalue weighted by molar-refractivity contribution is 5.70. The van der Waals surface area contributed by atoms with E-state index in [1.54, 1.807) is 0 Å². The van der Waals surface area contributed by atoms with E-state index in [0.717, 1.165) is 25.7 Å². The Morgan fingerprint density at radius 1 is 0.354 bits per heavy atom. The van der Waals surface area contributed by atoms with Crippen molar-refractivity contribution in [3.63, 3.8) is 0 Å². The zero-order valence-corrected chi connectivity index (χ0v) is 32.4. The van der Waals surface area contributed by atoms with Crippen molar-refractivity contribution < 1.29 is 19.1 Å². The standard InChI is InChI=1S/C42H84N2O4/c1-3-5-7-9-11-13-15-17-19-21-23-25-27-29-31-35-39(43)47-41(45)37-33-34-38-42(46)48-40(44)36-32-30-28-26-24-22-20-18-16-14-12-10-8-6-4-2/h39-40H,3-38,43-44H2,1-2H3. The largest absolute Gasteiger partial charge is 0.447 e. The average molecular weight is 681 g/mol. The van der Waals surface area contributed by atoms with E-state index in [-0.39, 0.29) is 24.8 Å².